The molecule has 0 saturated heterocycles. The van der Waals surface area contributed by atoms with Crippen molar-refractivity contribution in [2.45, 2.75) is 66.8 Å². The average molecular weight is 263 g/mol. The summed E-state index contributed by atoms with van der Waals surface area (Å²) in [7, 11) is 2.02. The van der Waals surface area contributed by atoms with Crippen LogP contribution in [0.4, 0.5) is 5.69 Å². The van der Waals surface area contributed by atoms with Gasteiger partial charge < -0.3 is 5.32 Å². The molecule has 3 heteroatoms. The molecule has 0 spiro atoms. The highest BCUT2D eigenvalue weighted by atomic mass is 15.3. The Morgan fingerprint density at radius 2 is 1.63 bits per heavy atom. The second-order valence-corrected chi connectivity index (χ2v) is 7.92. The zero-order chi connectivity index (χ0) is 14.4. The van der Waals surface area contributed by atoms with Gasteiger partial charge in [-0.3, -0.25) is 4.68 Å². The third-order valence-corrected chi connectivity index (χ3v) is 4.41. The van der Waals surface area contributed by atoms with Crippen LogP contribution in [-0.4, -0.2) is 15.8 Å². The summed E-state index contributed by atoms with van der Waals surface area (Å²) in [6.07, 6.45) is 3.79. The van der Waals surface area contributed by atoms with Crippen LogP contribution in [0.5, 0.6) is 0 Å². The van der Waals surface area contributed by atoms with Gasteiger partial charge in [-0.05, 0) is 43.9 Å². The standard InChI is InChI=1S/C16H29N3/c1-11-14(12(2)19(7)18-11)17-13-8-15(3,4)10-16(5,6)9-13/h13,17H,8-10H2,1-7H3. The Labute approximate surface area is 117 Å². The van der Waals surface area contributed by atoms with Crippen molar-refractivity contribution in [1.82, 2.24) is 9.78 Å². The van der Waals surface area contributed by atoms with E-state index < -0.39 is 0 Å². The van der Waals surface area contributed by atoms with E-state index in [0.717, 1.165) is 5.69 Å². The van der Waals surface area contributed by atoms with Crippen LogP contribution in [0.2, 0.25) is 0 Å². The van der Waals surface area contributed by atoms with E-state index in [9.17, 15) is 0 Å². The lowest BCUT2D eigenvalue weighted by Gasteiger charge is -2.45. The van der Waals surface area contributed by atoms with Crippen LogP contribution in [-0.2, 0) is 7.05 Å². The van der Waals surface area contributed by atoms with Gasteiger partial charge in [-0.2, -0.15) is 5.10 Å². The van der Waals surface area contributed by atoms with E-state index in [2.05, 4.69) is 52.0 Å². The Morgan fingerprint density at radius 1 is 1.11 bits per heavy atom. The van der Waals surface area contributed by atoms with Crippen molar-refractivity contribution in [1.29, 1.82) is 0 Å². The molecule has 0 unspecified atom stereocenters. The summed E-state index contributed by atoms with van der Waals surface area (Å²) in [5.41, 5.74) is 4.42. The Hall–Kier alpha value is -0.990. The van der Waals surface area contributed by atoms with Gasteiger partial charge in [0.1, 0.15) is 0 Å². The fraction of sp³-hybridized carbons (Fsp3) is 0.812. The summed E-state index contributed by atoms with van der Waals surface area (Å²) in [6, 6.07) is 0.556. The lowest BCUT2D eigenvalue weighted by atomic mass is 9.63. The first-order valence-corrected chi connectivity index (χ1v) is 7.36. The van der Waals surface area contributed by atoms with Crippen LogP contribution in [0.1, 0.15) is 58.3 Å². The fourth-order valence-corrected chi connectivity index (χ4v) is 4.13. The largest absolute Gasteiger partial charge is 0.379 e. The lowest BCUT2D eigenvalue weighted by molar-refractivity contribution is 0.105. The zero-order valence-electron chi connectivity index (χ0n) is 13.6. The minimum absolute atomic E-state index is 0.420. The number of nitrogens with zero attached hydrogens (tertiary/aromatic N) is 2. The molecule has 1 fully saturated rings. The number of aromatic nitrogens is 2. The number of aryl methyl sites for hydroxylation is 2. The molecule has 0 bridgehead atoms. The molecule has 1 N–H and O–H groups in total. The highest BCUT2D eigenvalue weighted by molar-refractivity contribution is 5.52. The molecule has 0 aromatic carbocycles. The van der Waals surface area contributed by atoms with Gasteiger partial charge in [-0.25, -0.2) is 0 Å². The number of anilines is 1. The number of hydrogen-bond donors (Lipinski definition) is 1. The molecule has 0 radical (unpaired) electrons. The van der Waals surface area contributed by atoms with E-state index in [1.54, 1.807) is 0 Å². The van der Waals surface area contributed by atoms with Crippen molar-refractivity contribution in [2.75, 3.05) is 5.32 Å². The van der Waals surface area contributed by atoms with Crippen molar-refractivity contribution in [2.24, 2.45) is 17.9 Å². The topological polar surface area (TPSA) is 29.9 Å². The summed E-state index contributed by atoms with van der Waals surface area (Å²) in [6.45, 7) is 13.8. The number of nitrogens with one attached hydrogen (secondary N) is 1. The molecule has 2 rings (SSSR count). The number of rotatable bonds is 2. The van der Waals surface area contributed by atoms with Crippen LogP contribution < -0.4 is 5.32 Å². The molecule has 1 heterocycles. The maximum absolute atomic E-state index is 4.50. The molecular formula is C16H29N3. The molecule has 1 aliphatic rings. The monoisotopic (exact) mass is 263 g/mol. The van der Waals surface area contributed by atoms with Crippen molar-refractivity contribution in [3.8, 4) is 0 Å². The SMILES string of the molecule is Cc1nn(C)c(C)c1NC1CC(C)(C)CC(C)(C)C1. The predicted molar refractivity (Wildman–Crippen MR) is 81.5 cm³/mol. The molecule has 1 aliphatic carbocycles. The molecule has 108 valence electrons. The first-order chi connectivity index (χ1) is 8.60. The van der Waals surface area contributed by atoms with E-state index >= 15 is 0 Å². The second kappa shape index (κ2) is 4.53. The maximum atomic E-state index is 4.50. The van der Waals surface area contributed by atoms with E-state index in [1.807, 2.05) is 11.7 Å². The summed E-state index contributed by atoms with van der Waals surface area (Å²) in [4.78, 5) is 0. The molecule has 0 aliphatic heterocycles. The maximum Gasteiger partial charge on any atom is 0.0827 e. The van der Waals surface area contributed by atoms with Gasteiger partial charge in [-0.15, -0.1) is 0 Å². The highest BCUT2D eigenvalue weighted by Gasteiger charge is 2.38. The summed E-state index contributed by atoms with van der Waals surface area (Å²) in [5, 5.41) is 8.27. The van der Waals surface area contributed by atoms with E-state index in [-0.39, 0.29) is 0 Å². The molecule has 1 aromatic rings. The summed E-state index contributed by atoms with van der Waals surface area (Å²) >= 11 is 0. The van der Waals surface area contributed by atoms with Crippen LogP contribution in [0.25, 0.3) is 0 Å². The first-order valence-electron chi connectivity index (χ1n) is 7.36. The lowest BCUT2D eigenvalue weighted by Crippen LogP contribution is -2.40. The molecule has 0 amide bonds. The molecular weight excluding hydrogens is 234 g/mol. The Bertz CT molecular complexity index is 453. The Balaban J connectivity index is 2.19. The zero-order valence-corrected chi connectivity index (χ0v) is 13.6. The molecule has 19 heavy (non-hydrogen) atoms. The Morgan fingerprint density at radius 3 is 2.05 bits per heavy atom. The smallest absolute Gasteiger partial charge is 0.0827 e. The van der Waals surface area contributed by atoms with Crippen LogP contribution >= 0.6 is 0 Å². The van der Waals surface area contributed by atoms with Gasteiger partial charge in [0.15, 0.2) is 0 Å². The van der Waals surface area contributed by atoms with Crippen LogP contribution in [0.3, 0.4) is 0 Å². The van der Waals surface area contributed by atoms with Gasteiger partial charge >= 0.3 is 0 Å². The quantitative estimate of drug-likeness (QED) is 0.872. The highest BCUT2D eigenvalue weighted by Crippen LogP contribution is 2.46. The van der Waals surface area contributed by atoms with Crippen molar-refractivity contribution < 1.29 is 0 Å². The third-order valence-electron chi connectivity index (χ3n) is 4.41. The van der Waals surface area contributed by atoms with Gasteiger partial charge in [-0.1, -0.05) is 27.7 Å². The summed E-state index contributed by atoms with van der Waals surface area (Å²) < 4.78 is 1.97. The van der Waals surface area contributed by atoms with E-state index in [0.29, 0.717) is 16.9 Å². The Kier molecular flexibility index (Phi) is 3.44. The van der Waals surface area contributed by atoms with Gasteiger partial charge in [0.05, 0.1) is 17.1 Å². The summed E-state index contributed by atoms with van der Waals surface area (Å²) in [5.74, 6) is 0. The van der Waals surface area contributed by atoms with Crippen LogP contribution in [0, 0.1) is 24.7 Å². The third kappa shape index (κ3) is 3.13. The molecule has 3 nitrogen and oxygen atoms in total. The average Bonchev–Trinajstić information content (AvgIpc) is 2.40. The predicted octanol–water partition coefficient (Wildman–Crippen LogP) is 4.05. The minimum atomic E-state index is 0.420. The van der Waals surface area contributed by atoms with Gasteiger partial charge in [0, 0.05) is 13.1 Å². The molecule has 1 saturated carbocycles. The van der Waals surface area contributed by atoms with Crippen molar-refractivity contribution >= 4 is 5.69 Å². The van der Waals surface area contributed by atoms with Crippen molar-refractivity contribution in [3.05, 3.63) is 11.4 Å². The van der Waals surface area contributed by atoms with Crippen molar-refractivity contribution in [3.63, 3.8) is 0 Å². The molecule has 1 aromatic heterocycles. The minimum Gasteiger partial charge on any atom is -0.379 e. The van der Waals surface area contributed by atoms with Gasteiger partial charge in [0.25, 0.3) is 0 Å². The van der Waals surface area contributed by atoms with E-state index in [4.69, 9.17) is 0 Å². The normalized spacial score (nSPS) is 22.5. The first kappa shape index (κ1) is 14.4. The van der Waals surface area contributed by atoms with Gasteiger partial charge in [0.2, 0.25) is 0 Å². The fourth-order valence-electron chi connectivity index (χ4n) is 4.13. The van der Waals surface area contributed by atoms with E-state index in [1.165, 1.54) is 30.6 Å². The molecule has 0 atom stereocenters. The van der Waals surface area contributed by atoms with Crippen LogP contribution in [0.15, 0.2) is 0 Å². The second-order valence-electron chi connectivity index (χ2n) is 7.92. The number of hydrogen-bond acceptors (Lipinski definition) is 2.